The van der Waals surface area contributed by atoms with Crippen molar-refractivity contribution in [2.45, 2.75) is 6.54 Å². The molecule has 0 amide bonds. The van der Waals surface area contributed by atoms with E-state index < -0.39 is 0 Å². The van der Waals surface area contributed by atoms with Crippen molar-refractivity contribution in [1.29, 1.82) is 5.26 Å². The highest BCUT2D eigenvalue weighted by Gasteiger charge is 2.00. The first-order valence-corrected chi connectivity index (χ1v) is 5.57. The molecule has 0 aliphatic carbocycles. The van der Waals surface area contributed by atoms with Gasteiger partial charge in [-0.3, -0.25) is 0 Å². The zero-order chi connectivity index (χ0) is 13.0. The van der Waals surface area contributed by atoms with Crippen LogP contribution in [0.3, 0.4) is 0 Å². The largest absolute Gasteiger partial charge is 0.399 e. The van der Waals surface area contributed by atoms with Gasteiger partial charge in [0.2, 0.25) is 0 Å². The Kier molecular flexibility index (Phi) is 3.35. The molecule has 0 spiro atoms. The molecule has 0 aliphatic heterocycles. The number of rotatable bonds is 3. The standard InChI is InChI=1S/C14H14N4/c15-8-10-2-1-3-13(6-10)18-9-11-7-12(16)4-5-14(11)17/h1-7,18H,9,16-17H2. The van der Waals surface area contributed by atoms with E-state index in [4.69, 9.17) is 16.7 Å². The van der Waals surface area contributed by atoms with Crippen LogP contribution in [-0.4, -0.2) is 0 Å². The van der Waals surface area contributed by atoms with Crippen LogP contribution in [0.4, 0.5) is 17.1 Å². The van der Waals surface area contributed by atoms with Gasteiger partial charge in [0, 0.05) is 23.6 Å². The molecular weight excluding hydrogens is 224 g/mol. The maximum Gasteiger partial charge on any atom is 0.0992 e. The summed E-state index contributed by atoms with van der Waals surface area (Å²) in [5.74, 6) is 0. The highest BCUT2D eigenvalue weighted by molar-refractivity contribution is 5.57. The smallest absolute Gasteiger partial charge is 0.0992 e. The van der Waals surface area contributed by atoms with Crippen molar-refractivity contribution in [2.24, 2.45) is 0 Å². The lowest BCUT2D eigenvalue weighted by Gasteiger charge is -2.09. The van der Waals surface area contributed by atoms with Gasteiger partial charge in [0.15, 0.2) is 0 Å². The van der Waals surface area contributed by atoms with Crippen molar-refractivity contribution < 1.29 is 0 Å². The molecule has 0 aromatic heterocycles. The third-order valence-electron chi connectivity index (χ3n) is 2.64. The molecule has 5 N–H and O–H groups in total. The van der Waals surface area contributed by atoms with Crippen molar-refractivity contribution in [2.75, 3.05) is 16.8 Å². The molecule has 90 valence electrons. The van der Waals surface area contributed by atoms with Gasteiger partial charge in [-0.2, -0.15) is 5.26 Å². The summed E-state index contributed by atoms with van der Waals surface area (Å²) >= 11 is 0. The van der Waals surface area contributed by atoms with E-state index >= 15 is 0 Å². The van der Waals surface area contributed by atoms with E-state index in [0.29, 0.717) is 23.5 Å². The summed E-state index contributed by atoms with van der Waals surface area (Å²) in [6.07, 6.45) is 0. The topological polar surface area (TPSA) is 87.9 Å². The molecule has 4 nitrogen and oxygen atoms in total. The van der Waals surface area contributed by atoms with E-state index in [2.05, 4.69) is 11.4 Å². The third-order valence-corrected chi connectivity index (χ3v) is 2.64. The molecule has 0 radical (unpaired) electrons. The van der Waals surface area contributed by atoms with Crippen LogP contribution in [0.25, 0.3) is 0 Å². The SMILES string of the molecule is N#Cc1cccc(NCc2cc(N)ccc2N)c1. The molecule has 18 heavy (non-hydrogen) atoms. The van der Waals surface area contributed by atoms with Gasteiger partial charge in [-0.15, -0.1) is 0 Å². The lowest BCUT2D eigenvalue weighted by Crippen LogP contribution is -2.03. The first kappa shape index (κ1) is 11.8. The monoisotopic (exact) mass is 238 g/mol. The molecule has 2 aromatic carbocycles. The van der Waals surface area contributed by atoms with Gasteiger partial charge in [-0.25, -0.2) is 0 Å². The van der Waals surface area contributed by atoms with Crippen molar-refractivity contribution in [1.82, 2.24) is 0 Å². The quantitative estimate of drug-likeness (QED) is 0.716. The molecule has 0 heterocycles. The number of anilines is 3. The maximum absolute atomic E-state index is 8.81. The molecule has 0 atom stereocenters. The number of hydrogen-bond donors (Lipinski definition) is 3. The molecular formula is C14H14N4. The number of nitrogens with one attached hydrogen (secondary N) is 1. The Morgan fingerprint density at radius 1 is 1.11 bits per heavy atom. The zero-order valence-corrected chi connectivity index (χ0v) is 9.85. The number of benzene rings is 2. The van der Waals surface area contributed by atoms with Crippen LogP contribution >= 0.6 is 0 Å². The Labute approximate surface area is 106 Å². The maximum atomic E-state index is 8.81. The highest BCUT2D eigenvalue weighted by Crippen LogP contribution is 2.18. The molecule has 0 bridgehead atoms. The molecule has 0 aliphatic rings. The molecule has 0 saturated heterocycles. The summed E-state index contributed by atoms with van der Waals surface area (Å²) in [6.45, 7) is 0.575. The average Bonchev–Trinajstić information content (AvgIpc) is 2.40. The first-order valence-electron chi connectivity index (χ1n) is 5.57. The Hall–Kier alpha value is -2.67. The molecule has 0 fully saturated rings. The molecule has 2 aromatic rings. The summed E-state index contributed by atoms with van der Waals surface area (Å²) < 4.78 is 0. The minimum Gasteiger partial charge on any atom is -0.399 e. The van der Waals surface area contributed by atoms with Gasteiger partial charge < -0.3 is 16.8 Å². The number of hydrogen-bond acceptors (Lipinski definition) is 4. The van der Waals surface area contributed by atoms with Crippen molar-refractivity contribution in [3.8, 4) is 6.07 Å². The van der Waals surface area contributed by atoms with Crippen molar-refractivity contribution in [3.63, 3.8) is 0 Å². The van der Waals surface area contributed by atoms with Crippen LogP contribution in [0.1, 0.15) is 11.1 Å². The van der Waals surface area contributed by atoms with Crippen LogP contribution in [0.15, 0.2) is 42.5 Å². The van der Waals surface area contributed by atoms with Crippen LogP contribution < -0.4 is 16.8 Å². The fourth-order valence-electron chi connectivity index (χ4n) is 1.67. The van der Waals surface area contributed by atoms with Crippen LogP contribution in [-0.2, 0) is 6.54 Å². The fraction of sp³-hybridized carbons (Fsp3) is 0.0714. The van der Waals surface area contributed by atoms with Gasteiger partial charge in [-0.05, 0) is 42.0 Å². The van der Waals surface area contributed by atoms with Gasteiger partial charge in [0.05, 0.1) is 11.6 Å². The predicted octanol–water partition coefficient (Wildman–Crippen LogP) is 2.33. The number of nitrogen functional groups attached to an aromatic ring is 2. The van der Waals surface area contributed by atoms with E-state index in [1.807, 2.05) is 18.2 Å². The Morgan fingerprint density at radius 2 is 1.94 bits per heavy atom. The Bertz CT molecular complexity index is 599. The number of nitriles is 1. The van der Waals surface area contributed by atoms with E-state index in [1.165, 1.54) is 0 Å². The average molecular weight is 238 g/mol. The number of nitrogens with zero attached hydrogens (tertiary/aromatic N) is 1. The van der Waals surface area contributed by atoms with Gasteiger partial charge >= 0.3 is 0 Å². The Morgan fingerprint density at radius 3 is 2.72 bits per heavy atom. The predicted molar refractivity (Wildman–Crippen MR) is 73.8 cm³/mol. The van der Waals surface area contributed by atoms with Gasteiger partial charge in [-0.1, -0.05) is 6.07 Å². The minimum atomic E-state index is 0.575. The van der Waals surface area contributed by atoms with Gasteiger partial charge in [0.25, 0.3) is 0 Å². The van der Waals surface area contributed by atoms with Crippen LogP contribution in [0.2, 0.25) is 0 Å². The molecule has 4 heteroatoms. The van der Waals surface area contributed by atoms with E-state index in [-0.39, 0.29) is 0 Å². The van der Waals surface area contributed by atoms with E-state index in [1.54, 1.807) is 24.3 Å². The van der Waals surface area contributed by atoms with E-state index in [0.717, 1.165) is 11.3 Å². The molecule has 2 rings (SSSR count). The third kappa shape index (κ3) is 2.71. The lowest BCUT2D eigenvalue weighted by atomic mass is 10.1. The normalized spacial score (nSPS) is 9.72. The highest BCUT2D eigenvalue weighted by atomic mass is 14.9. The second-order valence-corrected chi connectivity index (χ2v) is 4.00. The summed E-state index contributed by atoms with van der Waals surface area (Å²) in [5, 5.41) is 12.0. The van der Waals surface area contributed by atoms with Crippen molar-refractivity contribution in [3.05, 3.63) is 53.6 Å². The van der Waals surface area contributed by atoms with Crippen LogP contribution in [0.5, 0.6) is 0 Å². The molecule has 0 unspecified atom stereocenters. The fourth-order valence-corrected chi connectivity index (χ4v) is 1.67. The minimum absolute atomic E-state index is 0.575. The first-order chi connectivity index (χ1) is 8.69. The second kappa shape index (κ2) is 5.11. The Balaban J connectivity index is 2.11. The van der Waals surface area contributed by atoms with Crippen LogP contribution in [0, 0.1) is 11.3 Å². The van der Waals surface area contributed by atoms with Gasteiger partial charge in [0.1, 0.15) is 0 Å². The summed E-state index contributed by atoms with van der Waals surface area (Å²) in [4.78, 5) is 0. The zero-order valence-electron chi connectivity index (χ0n) is 9.85. The lowest BCUT2D eigenvalue weighted by molar-refractivity contribution is 1.15. The second-order valence-electron chi connectivity index (χ2n) is 4.00. The summed E-state index contributed by atoms with van der Waals surface area (Å²) in [7, 11) is 0. The molecule has 0 saturated carbocycles. The summed E-state index contributed by atoms with van der Waals surface area (Å²) in [6, 6.07) is 14.8. The van der Waals surface area contributed by atoms with E-state index in [9.17, 15) is 0 Å². The summed E-state index contributed by atoms with van der Waals surface area (Å²) in [5.41, 5.74) is 15.4. The van der Waals surface area contributed by atoms with Crippen molar-refractivity contribution >= 4 is 17.1 Å². The number of nitrogens with two attached hydrogens (primary N) is 2.